The van der Waals surface area contributed by atoms with Gasteiger partial charge in [-0.1, -0.05) is 5.57 Å². The molecule has 1 heterocycles. The van der Waals surface area contributed by atoms with E-state index >= 15 is 0 Å². The van der Waals surface area contributed by atoms with Crippen LogP contribution in [0.25, 0.3) is 0 Å². The van der Waals surface area contributed by atoms with Gasteiger partial charge in [0.15, 0.2) is 0 Å². The van der Waals surface area contributed by atoms with Crippen LogP contribution in [0.2, 0.25) is 0 Å². The van der Waals surface area contributed by atoms with E-state index in [1.165, 1.54) is 18.4 Å². The van der Waals surface area contributed by atoms with Crippen molar-refractivity contribution in [3.05, 3.63) is 11.6 Å². The summed E-state index contributed by atoms with van der Waals surface area (Å²) in [6, 6.07) is 0.339. The predicted octanol–water partition coefficient (Wildman–Crippen LogP) is 0.821. The molecule has 1 saturated heterocycles. The Morgan fingerprint density at radius 3 is 2.79 bits per heavy atom. The van der Waals surface area contributed by atoms with E-state index in [4.69, 9.17) is 0 Å². The fourth-order valence-electron chi connectivity index (χ4n) is 1.88. The highest BCUT2D eigenvalue weighted by atomic mass is 16.1. The quantitative estimate of drug-likeness (QED) is 0.653. The Morgan fingerprint density at radius 2 is 2.21 bits per heavy atom. The molecule has 1 aliphatic heterocycles. The van der Waals surface area contributed by atoms with E-state index in [1.54, 1.807) is 6.08 Å². The second-order valence-electron chi connectivity index (χ2n) is 4.36. The lowest BCUT2D eigenvalue weighted by Crippen LogP contribution is -2.35. The third-order valence-electron chi connectivity index (χ3n) is 2.99. The number of amides is 1. The monoisotopic (exact) mass is 194 g/mol. The molecule has 1 atom stereocenters. The maximum absolute atomic E-state index is 11.5. The van der Waals surface area contributed by atoms with Crippen LogP contribution >= 0.6 is 0 Å². The summed E-state index contributed by atoms with van der Waals surface area (Å²) in [6.45, 7) is 4.00. The third-order valence-corrected chi connectivity index (χ3v) is 2.99. The Morgan fingerprint density at radius 1 is 1.43 bits per heavy atom. The van der Waals surface area contributed by atoms with Crippen LogP contribution in [0.4, 0.5) is 0 Å². The third kappa shape index (κ3) is 2.58. The van der Waals surface area contributed by atoms with Crippen molar-refractivity contribution in [1.82, 2.24) is 10.6 Å². The summed E-state index contributed by atoms with van der Waals surface area (Å²) in [5.41, 5.74) is 1.24. The number of hydrogen-bond acceptors (Lipinski definition) is 2. The van der Waals surface area contributed by atoms with E-state index in [-0.39, 0.29) is 5.91 Å². The van der Waals surface area contributed by atoms with Crippen molar-refractivity contribution in [1.29, 1.82) is 0 Å². The SMILES string of the molecule is C/C(=C\C(=O)NC1CCNC1)C1CC1. The van der Waals surface area contributed by atoms with Crippen LogP contribution in [0.15, 0.2) is 11.6 Å². The van der Waals surface area contributed by atoms with Gasteiger partial charge in [0.05, 0.1) is 0 Å². The Balaban J connectivity index is 1.79. The molecule has 1 unspecified atom stereocenters. The molecule has 2 fully saturated rings. The van der Waals surface area contributed by atoms with E-state index in [0.29, 0.717) is 12.0 Å². The van der Waals surface area contributed by atoms with E-state index in [1.807, 2.05) is 0 Å². The summed E-state index contributed by atoms with van der Waals surface area (Å²) in [6.07, 6.45) is 5.36. The average molecular weight is 194 g/mol. The Bertz CT molecular complexity index is 250. The molecule has 0 spiro atoms. The second kappa shape index (κ2) is 4.13. The van der Waals surface area contributed by atoms with E-state index in [0.717, 1.165) is 19.5 Å². The molecular formula is C11H18N2O. The molecule has 1 saturated carbocycles. The average Bonchev–Trinajstić information content (AvgIpc) is 2.87. The molecule has 0 aromatic heterocycles. The summed E-state index contributed by atoms with van der Waals surface area (Å²) < 4.78 is 0. The maximum atomic E-state index is 11.5. The highest BCUT2D eigenvalue weighted by Crippen LogP contribution is 2.35. The highest BCUT2D eigenvalue weighted by molar-refractivity contribution is 5.88. The van der Waals surface area contributed by atoms with E-state index in [2.05, 4.69) is 17.6 Å². The summed E-state index contributed by atoms with van der Waals surface area (Å²) in [5, 5.41) is 6.25. The first-order valence-corrected chi connectivity index (χ1v) is 5.45. The minimum absolute atomic E-state index is 0.0862. The molecule has 0 aromatic carbocycles. The fraction of sp³-hybridized carbons (Fsp3) is 0.727. The highest BCUT2D eigenvalue weighted by Gasteiger charge is 2.24. The first kappa shape index (κ1) is 9.71. The van der Waals surface area contributed by atoms with Gasteiger partial charge >= 0.3 is 0 Å². The molecule has 0 radical (unpaired) electrons. The molecule has 2 aliphatic rings. The van der Waals surface area contributed by atoms with Gasteiger partial charge in [0.2, 0.25) is 5.91 Å². The molecule has 0 bridgehead atoms. The summed E-state index contributed by atoms with van der Waals surface area (Å²) in [7, 11) is 0. The minimum Gasteiger partial charge on any atom is -0.348 e. The maximum Gasteiger partial charge on any atom is 0.244 e. The van der Waals surface area contributed by atoms with Crippen LogP contribution in [-0.4, -0.2) is 25.0 Å². The summed E-state index contributed by atoms with van der Waals surface area (Å²) in [5.74, 6) is 0.783. The zero-order valence-corrected chi connectivity index (χ0v) is 8.68. The van der Waals surface area contributed by atoms with Crippen LogP contribution in [0, 0.1) is 5.92 Å². The molecule has 0 aromatic rings. The van der Waals surface area contributed by atoms with Crippen molar-refractivity contribution in [2.45, 2.75) is 32.2 Å². The van der Waals surface area contributed by atoms with Crippen LogP contribution in [0.5, 0.6) is 0 Å². The van der Waals surface area contributed by atoms with Crippen molar-refractivity contribution in [2.75, 3.05) is 13.1 Å². The van der Waals surface area contributed by atoms with Crippen LogP contribution < -0.4 is 10.6 Å². The standard InChI is InChI=1S/C11H18N2O/c1-8(9-2-3-9)6-11(14)13-10-4-5-12-7-10/h6,9-10,12H,2-5,7H2,1H3,(H,13,14)/b8-6+. The Labute approximate surface area is 84.9 Å². The molecule has 78 valence electrons. The minimum atomic E-state index is 0.0862. The van der Waals surface area contributed by atoms with Gasteiger partial charge in [-0.3, -0.25) is 4.79 Å². The smallest absolute Gasteiger partial charge is 0.244 e. The predicted molar refractivity (Wildman–Crippen MR) is 55.9 cm³/mol. The van der Waals surface area contributed by atoms with Gasteiger partial charge in [-0.05, 0) is 38.6 Å². The first-order valence-electron chi connectivity index (χ1n) is 5.45. The lowest BCUT2D eigenvalue weighted by Gasteiger charge is -2.09. The van der Waals surface area contributed by atoms with Crippen molar-refractivity contribution < 1.29 is 4.79 Å². The van der Waals surface area contributed by atoms with Crippen molar-refractivity contribution in [3.8, 4) is 0 Å². The zero-order chi connectivity index (χ0) is 9.97. The number of hydrogen-bond donors (Lipinski definition) is 2. The first-order chi connectivity index (χ1) is 6.75. The van der Waals surface area contributed by atoms with Crippen LogP contribution in [0.1, 0.15) is 26.2 Å². The van der Waals surface area contributed by atoms with Crippen molar-refractivity contribution in [3.63, 3.8) is 0 Å². The number of carbonyl (C=O) groups is 1. The Hall–Kier alpha value is -0.830. The number of nitrogens with one attached hydrogen (secondary N) is 2. The van der Waals surface area contributed by atoms with Gasteiger partial charge in [0, 0.05) is 18.7 Å². The topological polar surface area (TPSA) is 41.1 Å². The summed E-state index contributed by atoms with van der Waals surface area (Å²) in [4.78, 5) is 11.5. The molecule has 14 heavy (non-hydrogen) atoms. The largest absolute Gasteiger partial charge is 0.348 e. The molecule has 2 N–H and O–H groups in total. The molecular weight excluding hydrogens is 176 g/mol. The van der Waals surface area contributed by atoms with Gasteiger partial charge < -0.3 is 10.6 Å². The van der Waals surface area contributed by atoms with Crippen LogP contribution in [0.3, 0.4) is 0 Å². The molecule has 2 rings (SSSR count). The van der Waals surface area contributed by atoms with E-state index in [9.17, 15) is 4.79 Å². The number of carbonyl (C=O) groups excluding carboxylic acids is 1. The van der Waals surface area contributed by atoms with Gasteiger partial charge in [-0.25, -0.2) is 0 Å². The molecule has 1 amide bonds. The van der Waals surface area contributed by atoms with E-state index < -0.39 is 0 Å². The molecule has 3 nitrogen and oxygen atoms in total. The summed E-state index contributed by atoms with van der Waals surface area (Å²) >= 11 is 0. The van der Waals surface area contributed by atoms with Crippen molar-refractivity contribution >= 4 is 5.91 Å². The molecule has 3 heteroatoms. The number of rotatable bonds is 3. The lowest BCUT2D eigenvalue weighted by atomic mass is 10.2. The van der Waals surface area contributed by atoms with Gasteiger partial charge in [-0.15, -0.1) is 0 Å². The van der Waals surface area contributed by atoms with Gasteiger partial charge in [0.25, 0.3) is 0 Å². The lowest BCUT2D eigenvalue weighted by molar-refractivity contribution is -0.117. The Kier molecular flexibility index (Phi) is 2.87. The van der Waals surface area contributed by atoms with Gasteiger partial charge in [-0.2, -0.15) is 0 Å². The van der Waals surface area contributed by atoms with Crippen LogP contribution in [-0.2, 0) is 4.79 Å². The second-order valence-corrected chi connectivity index (χ2v) is 4.36. The number of allylic oxidation sites excluding steroid dienone is 1. The zero-order valence-electron chi connectivity index (χ0n) is 8.68. The fourth-order valence-corrected chi connectivity index (χ4v) is 1.88. The van der Waals surface area contributed by atoms with Gasteiger partial charge in [0.1, 0.15) is 0 Å². The normalized spacial score (nSPS) is 27.8. The van der Waals surface area contributed by atoms with Crippen molar-refractivity contribution in [2.24, 2.45) is 5.92 Å². The molecule has 1 aliphatic carbocycles.